The van der Waals surface area contributed by atoms with Crippen LogP contribution in [-0.4, -0.2) is 28.1 Å². The molecule has 0 atom stereocenters. The standard InChI is InChI=1S/C15H20N4O3.ClH/c1-10-18-13(19-22-10)8-21-12-7-5-4-6-11(12)14(20)17-9-15(2,3)16;/h4-7H,8-9,16H2,1-3H3,(H,17,20);1H. The molecule has 2 rings (SSSR count). The maximum atomic E-state index is 12.2. The lowest BCUT2D eigenvalue weighted by Crippen LogP contribution is -2.45. The Balaban J connectivity index is 0.00000264. The maximum absolute atomic E-state index is 12.2. The topological polar surface area (TPSA) is 103 Å². The van der Waals surface area contributed by atoms with Crippen LogP contribution in [0, 0.1) is 6.92 Å². The number of amides is 1. The quantitative estimate of drug-likeness (QED) is 0.831. The molecule has 1 heterocycles. The number of aryl methyl sites for hydroxylation is 1. The Labute approximate surface area is 141 Å². The predicted molar refractivity (Wildman–Crippen MR) is 87.7 cm³/mol. The molecule has 1 aromatic heterocycles. The molecule has 23 heavy (non-hydrogen) atoms. The van der Waals surface area contributed by atoms with E-state index in [1.54, 1.807) is 31.2 Å². The smallest absolute Gasteiger partial charge is 0.255 e. The minimum atomic E-state index is -0.479. The number of carbonyl (C=O) groups is 1. The fraction of sp³-hybridized carbons (Fsp3) is 0.400. The first-order valence-electron chi connectivity index (χ1n) is 6.93. The average molecular weight is 341 g/mol. The fourth-order valence-electron chi connectivity index (χ4n) is 1.73. The highest BCUT2D eigenvalue weighted by molar-refractivity contribution is 5.96. The van der Waals surface area contributed by atoms with E-state index in [0.717, 1.165) is 0 Å². The minimum Gasteiger partial charge on any atom is -0.485 e. The van der Waals surface area contributed by atoms with Crippen LogP contribution in [0.2, 0.25) is 0 Å². The van der Waals surface area contributed by atoms with E-state index in [0.29, 0.717) is 29.6 Å². The zero-order valence-corrected chi connectivity index (χ0v) is 14.1. The SMILES string of the molecule is Cc1nc(COc2ccccc2C(=O)NCC(C)(C)N)no1.Cl. The van der Waals surface area contributed by atoms with E-state index in [4.69, 9.17) is 15.0 Å². The second-order valence-electron chi connectivity index (χ2n) is 5.69. The Morgan fingerprint density at radius 2 is 2.09 bits per heavy atom. The molecule has 0 unspecified atom stereocenters. The number of nitrogens with zero attached hydrogens (tertiary/aromatic N) is 2. The van der Waals surface area contributed by atoms with Crippen molar-refractivity contribution in [3.63, 3.8) is 0 Å². The van der Waals surface area contributed by atoms with Gasteiger partial charge in [0.25, 0.3) is 5.91 Å². The van der Waals surface area contributed by atoms with Gasteiger partial charge in [-0.15, -0.1) is 12.4 Å². The Kier molecular flexibility index (Phi) is 6.53. The Morgan fingerprint density at radius 1 is 1.39 bits per heavy atom. The summed E-state index contributed by atoms with van der Waals surface area (Å²) in [4.78, 5) is 16.3. The number of nitrogens with two attached hydrogens (primary N) is 1. The number of aromatic nitrogens is 2. The van der Waals surface area contributed by atoms with Gasteiger partial charge in [0.15, 0.2) is 6.61 Å². The van der Waals surface area contributed by atoms with Gasteiger partial charge in [-0.05, 0) is 26.0 Å². The normalized spacial score (nSPS) is 10.8. The highest BCUT2D eigenvalue weighted by atomic mass is 35.5. The molecule has 0 aliphatic carbocycles. The molecule has 2 aromatic rings. The molecule has 0 spiro atoms. The van der Waals surface area contributed by atoms with Crippen molar-refractivity contribution in [3.8, 4) is 5.75 Å². The number of ether oxygens (including phenoxy) is 1. The molecule has 0 fully saturated rings. The number of hydrogen-bond acceptors (Lipinski definition) is 6. The average Bonchev–Trinajstić information content (AvgIpc) is 2.88. The zero-order chi connectivity index (χ0) is 16.2. The van der Waals surface area contributed by atoms with Gasteiger partial charge in [0.2, 0.25) is 11.7 Å². The molecule has 126 valence electrons. The van der Waals surface area contributed by atoms with Gasteiger partial charge < -0.3 is 20.3 Å². The molecule has 3 N–H and O–H groups in total. The van der Waals surface area contributed by atoms with Crippen LogP contribution in [0.1, 0.15) is 35.9 Å². The number of hydrogen-bond donors (Lipinski definition) is 2. The van der Waals surface area contributed by atoms with Gasteiger partial charge in [-0.25, -0.2) is 0 Å². The van der Waals surface area contributed by atoms with Gasteiger partial charge in [-0.2, -0.15) is 4.98 Å². The molecule has 0 saturated heterocycles. The van der Waals surface area contributed by atoms with Gasteiger partial charge in [-0.1, -0.05) is 17.3 Å². The van der Waals surface area contributed by atoms with E-state index in [9.17, 15) is 4.79 Å². The summed E-state index contributed by atoms with van der Waals surface area (Å²) >= 11 is 0. The molecule has 0 bridgehead atoms. The van der Waals surface area contributed by atoms with E-state index >= 15 is 0 Å². The first kappa shape index (κ1) is 18.9. The van der Waals surface area contributed by atoms with Crippen LogP contribution in [0.5, 0.6) is 5.75 Å². The van der Waals surface area contributed by atoms with Crippen LogP contribution < -0.4 is 15.8 Å². The lowest BCUT2D eigenvalue weighted by molar-refractivity contribution is 0.0941. The fourth-order valence-corrected chi connectivity index (χ4v) is 1.73. The van der Waals surface area contributed by atoms with E-state index < -0.39 is 5.54 Å². The van der Waals surface area contributed by atoms with Crippen molar-refractivity contribution < 1.29 is 14.1 Å². The minimum absolute atomic E-state index is 0. The van der Waals surface area contributed by atoms with Crippen molar-refractivity contribution in [1.82, 2.24) is 15.5 Å². The zero-order valence-electron chi connectivity index (χ0n) is 13.3. The third-order valence-corrected chi connectivity index (χ3v) is 2.76. The number of carbonyl (C=O) groups excluding carboxylic acids is 1. The van der Waals surface area contributed by atoms with E-state index in [1.165, 1.54) is 0 Å². The van der Waals surface area contributed by atoms with Gasteiger partial charge in [0, 0.05) is 19.0 Å². The highest BCUT2D eigenvalue weighted by Gasteiger charge is 2.16. The number of halogens is 1. The number of nitrogens with one attached hydrogen (secondary N) is 1. The lowest BCUT2D eigenvalue weighted by atomic mass is 10.1. The molecular weight excluding hydrogens is 320 g/mol. The third-order valence-electron chi connectivity index (χ3n) is 2.76. The third kappa shape index (κ3) is 5.88. The molecule has 7 nitrogen and oxygen atoms in total. The molecule has 0 radical (unpaired) electrons. The van der Waals surface area contributed by atoms with Crippen molar-refractivity contribution in [2.45, 2.75) is 32.9 Å². The van der Waals surface area contributed by atoms with E-state index in [1.807, 2.05) is 13.8 Å². The summed E-state index contributed by atoms with van der Waals surface area (Å²) in [5.74, 6) is 1.11. The van der Waals surface area contributed by atoms with Crippen LogP contribution in [0.25, 0.3) is 0 Å². The Hall–Kier alpha value is -2.12. The van der Waals surface area contributed by atoms with Crippen LogP contribution >= 0.6 is 12.4 Å². The van der Waals surface area contributed by atoms with Crippen molar-refractivity contribution in [2.24, 2.45) is 5.73 Å². The summed E-state index contributed by atoms with van der Waals surface area (Å²) in [5.41, 5.74) is 5.82. The summed E-state index contributed by atoms with van der Waals surface area (Å²) in [5, 5.41) is 6.53. The molecular formula is C15H21ClN4O3. The van der Waals surface area contributed by atoms with Crippen LogP contribution in [0.15, 0.2) is 28.8 Å². The summed E-state index contributed by atoms with van der Waals surface area (Å²) in [6.07, 6.45) is 0. The molecule has 1 aromatic carbocycles. The second kappa shape index (κ2) is 7.94. The summed E-state index contributed by atoms with van der Waals surface area (Å²) in [7, 11) is 0. The molecule has 1 amide bonds. The molecule has 0 saturated carbocycles. The first-order chi connectivity index (χ1) is 10.3. The van der Waals surface area contributed by atoms with Crippen molar-refractivity contribution in [2.75, 3.05) is 6.54 Å². The predicted octanol–water partition coefficient (Wildman–Crippen LogP) is 1.85. The van der Waals surface area contributed by atoms with E-state index in [-0.39, 0.29) is 24.9 Å². The maximum Gasteiger partial charge on any atom is 0.255 e. The number of rotatable bonds is 6. The van der Waals surface area contributed by atoms with Gasteiger partial charge >= 0.3 is 0 Å². The Morgan fingerprint density at radius 3 is 2.70 bits per heavy atom. The second-order valence-corrected chi connectivity index (χ2v) is 5.69. The first-order valence-corrected chi connectivity index (χ1v) is 6.93. The number of para-hydroxylation sites is 1. The van der Waals surface area contributed by atoms with Crippen LogP contribution in [0.4, 0.5) is 0 Å². The van der Waals surface area contributed by atoms with Crippen molar-refractivity contribution in [1.29, 1.82) is 0 Å². The van der Waals surface area contributed by atoms with Gasteiger partial charge in [0.05, 0.1) is 5.56 Å². The van der Waals surface area contributed by atoms with Gasteiger partial charge in [0.1, 0.15) is 5.75 Å². The lowest BCUT2D eigenvalue weighted by Gasteiger charge is -2.19. The molecule has 0 aliphatic heterocycles. The Bertz CT molecular complexity index is 652. The molecule has 0 aliphatic rings. The van der Waals surface area contributed by atoms with Crippen molar-refractivity contribution >= 4 is 18.3 Å². The monoisotopic (exact) mass is 340 g/mol. The summed E-state index contributed by atoms with van der Waals surface area (Å²) in [6, 6.07) is 6.97. The van der Waals surface area contributed by atoms with Crippen LogP contribution in [-0.2, 0) is 6.61 Å². The van der Waals surface area contributed by atoms with Crippen molar-refractivity contribution in [3.05, 3.63) is 41.5 Å². The summed E-state index contributed by atoms with van der Waals surface area (Å²) < 4.78 is 10.5. The summed E-state index contributed by atoms with van der Waals surface area (Å²) in [6.45, 7) is 5.88. The van der Waals surface area contributed by atoms with Crippen LogP contribution in [0.3, 0.4) is 0 Å². The van der Waals surface area contributed by atoms with E-state index in [2.05, 4.69) is 15.5 Å². The number of benzene rings is 1. The van der Waals surface area contributed by atoms with Gasteiger partial charge in [-0.3, -0.25) is 4.79 Å². The molecule has 8 heteroatoms. The largest absolute Gasteiger partial charge is 0.485 e. The highest BCUT2D eigenvalue weighted by Crippen LogP contribution is 2.19.